The summed E-state index contributed by atoms with van der Waals surface area (Å²) in [6.07, 6.45) is 5.86. The minimum Gasteiger partial charge on any atom is -0.330 e. The Labute approximate surface area is 69.4 Å². The summed E-state index contributed by atoms with van der Waals surface area (Å²) < 4.78 is 0. The maximum absolute atomic E-state index is 5.70. The molecule has 3 unspecified atom stereocenters. The summed E-state index contributed by atoms with van der Waals surface area (Å²) in [7, 11) is 0. The van der Waals surface area contributed by atoms with Crippen LogP contribution in [0.5, 0.6) is 0 Å². The van der Waals surface area contributed by atoms with Crippen LogP contribution >= 0.6 is 0 Å². The average Bonchev–Trinajstić information content (AvgIpc) is 1.91. The van der Waals surface area contributed by atoms with Crippen LogP contribution in [0.3, 0.4) is 0 Å². The van der Waals surface area contributed by atoms with Gasteiger partial charge in [-0.1, -0.05) is 26.2 Å². The van der Waals surface area contributed by atoms with E-state index < -0.39 is 0 Å². The van der Waals surface area contributed by atoms with E-state index in [9.17, 15) is 0 Å². The molecule has 0 bridgehead atoms. The average molecular weight is 153 g/mol. The maximum Gasteiger partial charge on any atom is -0.00459 e. The van der Waals surface area contributed by atoms with Crippen LogP contribution in [0.25, 0.3) is 0 Å². The molecule has 0 aromatic heterocycles. The molecule has 0 aliphatic heterocycles. The summed E-state index contributed by atoms with van der Waals surface area (Å²) >= 11 is 0. The van der Waals surface area contributed by atoms with E-state index >= 15 is 0 Å². The van der Waals surface area contributed by atoms with Gasteiger partial charge in [0.1, 0.15) is 0 Å². The second kappa shape index (κ2) is 2.78. The van der Waals surface area contributed by atoms with Gasteiger partial charge < -0.3 is 5.73 Å². The molecule has 1 heteroatoms. The first-order valence-corrected chi connectivity index (χ1v) is 5.03. The van der Waals surface area contributed by atoms with E-state index in [2.05, 4.69) is 6.92 Å². The highest BCUT2D eigenvalue weighted by Crippen LogP contribution is 2.50. The second-order valence-corrected chi connectivity index (χ2v) is 4.48. The van der Waals surface area contributed by atoms with Gasteiger partial charge in [-0.3, -0.25) is 0 Å². The highest BCUT2D eigenvalue weighted by Gasteiger charge is 2.43. The lowest BCUT2D eigenvalue weighted by molar-refractivity contribution is 0.000643. The summed E-state index contributed by atoms with van der Waals surface area (Å²) in [4.78, 5) is 0. The normalized spacial score (nSPS) is 44.7. The first-order chi connectivity index (χ1) is 5.33. The zero-order chi connectivity index (χ0) is 7.84. The Bertz CT molecular complexity index is 135. The fraction of sp³-hybridized carbons (Fsp3) is 1.00. The summed E-state index contributed by atoms with van der Waals surface area (Å²) in [5, 5.41) is 0. The van der Waals surface area contributed by atoms with E-state index in [1.54, 1.807) is 0 Å². The third-order valence-electron chi connectivity index (χ3n) is 3.87. The lowest BCUT2D eigenvalue weighted by Crippen LogP contribution is -2.45. The number of nitrogens with two attached hydrogens (primary N) is 1. The van der Waals surface area contributed by atoms with Crippen molar-refractivity contribution in [2.24, 2.45) is 29.4 Å². The number of hydrogen-bond acceptors (Lipinski definition) is 1. The lowest BCUT2D eigenvalue weighted by atomic mass is 9.56. The van der Waals surface area contributed by atoms with Gasteiger partial charge in [-0.15, -0.1) is 0 Å². The fourth-order valence-corrected chi connectivity index (χ4v) is 2.99. The number of hydrogen-bond donors (Lipinski definition) is 1. The molecular weight excluding hydrogens is 134 g/mol. The molecule has 1 nitrogen and oxygen atoms in total. The molecule has 2 saturated carbocycles. The van der Waals surface area contributed by atoms with E-state index in [1.165, 1.54) is 25.7 Å². The van der Waals surface area contributed by atoms with Crippen molar-refractivity contribution in [1.82, 2.24) is 0 Å². The molecule has 0 saturated heterocycles. The molecule has 0 aromatic rings. The molecule has 2 aliphatic rings. The number of rotatable bonds is 2. The van der Waals surface area contributed by atoms with Crippen LogP contribution in [0, 0.1) is 23.7 Å². The molecule has 3 atom stereocenters. The van der Waals surface area contributed by atoms with Crippen LogP contribution in [0.1, 0.15) is 32.6 Å². The first-order valence-electron chi connectivity index (χ1n) is 5.03. The first kappa shape index (κ1) is 7.60. The van der Waals surface area contributed by atoms with Gasteiger partial charge in [0.15, 0.2) is 0 Å². The van der Waals surface area contributed by atoms with Crippen molar-refractivity contribution in [2.45, 2.75) is 32.6 Å². The van der Waals surface area contributed by atoms with E-state index in [-0.39, 0.29) is 0 Å². The zero-order valence-electron chi connectivity index (χ0n) is 7.42. The molecule has 64 valence electrons. The van der Waals surface area contributed by atoms with Gasteiger partial charge in [-0.2, -0.15) is 0 Å². The Morgan fingerprint density at radius 3 is 2.45 bits per heavy atom. The summed E-state index contributed by atoms with van der Waals surface area (Å²) in [5.74, 6) is 3.94. The Morgan fingerprint density at radius 2 is 2.09 bits per heavy atom. The Morgan fingerprint density at radius 1 is 1.36 bits per heavy atom. The van der Waals surface area contributed by atoms with Crippen molar-refractivity contribution in [3.8, 4) is 0 Å². The molecule has 0 spiro atoms. The van der Waals surface area contributed by atoms with Crippen molar-refractivity contribution >= 4 is 0 Å². The SMILES string of the molecule is CC1CC(CN)C1C1CCC1. The van der Waals surface area contributed by atoms with E-state index in [4.69, 9.17) is 5.73 Å². The molecule has 2 aliphatic carbocycles. The molecule has 2 N–H and O–H groups in total. The van der Waals surface area contributed by atoms with E-state index in [0.29, 0.717) is 0 Å². The molecule has 2 rings (SSSR count). The summed E-state index contributed by atoms with van der Waals surface area (Å²) in [6.45, 7) is 3.33. The Balaban J connectivity index is 1.89. The van der Waals surface area contributed by atoms with Crippen molar-refractivity contribution < 1.29 is 0 Å². The molecular formula is C10H19N. The van der Waals surface area contributed by atoms with E-state index in [1.807, 2.05) is 0 Å². The van der Waals surface area contributed by atoms with Gasteiger partial charge in [0.05, 0.1) is 0 Å². The Kier molecular flexibility index (Phi) is 1.92. The maximum atomic E-state index is 5.70. The van der Waals surface area contributed by atoms with Crippen LogP contribution in [-0.2, 0) is 0 Å². The highest BCUT2D eigenvalue weighted by molar-refractivity contribution is 4.93. The van der Waals surface area contributed by atoms with Crippen LogP contribution in [0.15, 0.2) is 0 Å². The van der Waals surface area contributed by atoms with Crippen molar-refractivity contribution in [3.63, 3.8) is 0 Å². The Hall–Kier alpha value is -0.0400. The van der Waals surface area contributed by atoms with Crippen molar-refractivity contribution in [3.05, 3.63) is 0 Å². The van der Waals surface area contributed by atoms with Gasteiger partial charge >= 0.3 is 0 Å². The van der Waals surface area contributed by atoms with Crippen LogP contribution in [-0.4, -0.2) is 6.54 Å². The largest absolute Gasteiger partial charge is 0.330 e. The molecule has 0 radical (unpaired) electrons. The van der Waals surface area contributed by atoms with E-state index in [0.717, 1.165) is 30.2 Å². The quantitative estimate of drug-likeness (QED) is 0.645. The van der Waals surface area contributed by atoms with Crippen molar-refractivity contribution in [1.29, 1.82) is 0 Å². The van der Waals surface area contributed by atoms with Gasteiger partial charge in [0, 0.05) is 0 Å². The topological polar surface area (TPSA) is 26.0 Å². The molecule has 0 heterocycles. The monoisotopic (exact) mass is 153 g/mol. The molecule has 0 aromatic carbocycles. The summed E-state index contributed by atoms with van der Waals surface area (Å²) in [5.41, 5.74) is 5.70. The fourth-order valence-electron chi connectivity index (χ4n) is 2.99. The minimum atomic E-state index is 0.885. The molecule has 0 amide bonds. The molecule has 2 fully saturated rings. The second-order valence-electron chi connectivity index (χ2n) is 4.48. The predicted octanol–water partition coefficient (Wildman–Crippen LogP) is 2.02. The zero-order valence-corrected chi connectivity index (χ0v) is 7.42. The van der Waals surface area contributed by atoms with Crippen LogP contribution in [0.4, 0.5) is 0 Å². The third-order valence-corrected chi connectivity index (χ3v) is 3.87. The van der Waals surface area contributed by atoms with Gasteiger partial charge in [0.2, 0.25) is 0 Å². The lowest BCUT2D eigenvalue weighted by Gasteiger charge is -2.50. The van der Waals surface area contributed by atoms with Gasteiger partial charge in [-0.05, 0) is 36.6 Å². The molecule has 11 heavy (non-hydrogen) atoms. The highest BCUT2D eigenvalue weighted by atomic mass is 14.6. The smallest absolute Gasteiger partial charge is 0.00459 e. The van der Waals surface area contributed by atoms with Crippen LogP contribution < -0.4 is 5.73 Å². The minimum absolute atomic E-state index is 0.885. The standard InChI is InChI=1S/C10H19N/c1-7-5-9(6-11)10(7)8-3-2-4-8/h7-10H,2-6,11H2,1H3. The summed E-state index contributed by atoms with van der Waals surface area (Å²) in [6, 6.07) is 0. The van der Waals surface area contributed by atoms with Gasteiger partial charge in [0.25, 0.3) is 0 Å². The third kappa shape index (κ3) is 1.10. The van der Waals surface area contributed by atoms with Crippen molar-refractivity contribution in [2.75, 3.05) is 6.54 Å². The van der Waals surface area contributed by atoms with Gasteiger partial charge in [-0.25, -0.2) is 0 Å². The predicted molar refractivity (Wildman–Crippen MR) is 47.2 cm³/mol. The van der Waals surface area contributed by atoms with Crippen LogP contribution in [0.2, 0.25) is 0 Å².